The highest BCUT2D eigenvalue weighted by atomic mass is 19.4. The lowest BCUT2D eigenvalue weighted by atomic mass is 9.96. The van der Waals surface area contributed by atoms with Gasteiger partial charge in [-0.15, -0.1) is 5.10 Å². The zero-order chi connectivity index (χ0) is 19.6. The molecule has 2 heterocycles. The van der Waals surface area contributed by atoms with Crippen LogP contribution in [0.3, 0.4) is 0 Å². The second-order valence-electron chi connectivity index (χ2n) is 6.44. The Morgan fingerprint density at radius 3 is 2.52 bits per heavy atom. The highest BCUT2D eigenvalue weighted by molar-refractivity contribution is 5.93. The lowest BCUT2D eigenvalue weighted by Crippen LogP contribution is -2.41. The molecule has 1 saturated heterocycles. The molecular weight excluding hydrogens is 366 g/mol. The van der Waals surface area contributed by atoms with Gasteiger partial charge in [0.25, 0.3) is 5.91 Å². The molecule has 1 aliphatic heterocycles. The van der Waals surface area contributed by atoms with E-state index >= 15 is 0 Å². The van der Waals surface area contributed by atoms with Gasteiger partial charge in [-0.3, -0.25) is 4.79 Å². The number of piperidine rings is 1. The number of amides is 1. The summed E-state index contributed by atoms with van der Waals surface area (Å²) in [5, 5.41) is 9.93. The molecule has 1 fully saturated rings. The minimum Gasteiger partial charge on any atom is -0.337 e. The van der Waals surface area contributed by atoms with Crippen LogP contribution in [0.15, 0.2) is 24.3 Å². The van der Waals surface area contributed by atoms with E-state index in [0.717, 1.165) is 18.7 Å². The molecule has 1 aromatic carbocycles. The molecule has 6 nitrogen and oxygen atoms in total. The first-order valence-corrected chi connectivity index (χ1v) is 8.54. The molecule has 1 aliphatic rings. The van der Waals surface area contributed by atoms with Gasteiger partial charge in [0.2, 0.25) is 0 Å². The number of halogens is 4. The van der Waals surface area contributed by atoms with E-state index < -0.39 is 35.0 Å². The van der Waals surface area contributed by atoms with Crippen molar-refractivity contribution in [2.75, 3.05) is 26.7 Å². The van der Waals surface area contributed by atoms with Crippen LogP contribution in [0.4, 0.5) is 17.6 Å². The summed E-state index contributed by atoms with van der Waals surface area (Å²) in [7, 11) is 1.83. The molecule has 10 heteroatoms. The van der Waals surface area contributed by atoms with Crippen molar-refractivity contribution in [1.82, 2.24) is 25.2 Å². The molecule has 146 valence electrons. The van der Waals surface area contributed by atoms with E-state index in [1.807, 2.05) is 7.05 Å². The molecule has 27 heavy (non-hydrogen) atoms. The van der Waals surface area contributed by atoms with E-state index in [-0.39, 0.29) is 0 Å². The standard InChI is InChI=1S/C17H19F4N5O/c1-22-10-11-6-8-25(9-7-11)16(27)14-15(17(19,20)21)26(24-23-14)13-5-3-2-4-12(13)18/h2-5,11,22H,6-10H2,1H3. The third-order valence-corrected chi connectivity index (χ3v) is 4.62. The fraction of sp³-hybridized carbons (Fsp3) is 0.471. The van der Waals surface area contributed by atoms with Crippen molar-refractivity contribution in [2.45, 2.75) is 19.0 Å². The third-order valence-electron chi connectivity index (χ3n) is 4.62. The van der Waals surface area contributed by atoms with E-state index in [1.165, 1.54) is 17.0 Å². The molecule has 0 bridgehead atoms. The van der Waals surface area contributed by atoms with Gasteiger partial charge >= 0.3 is 6.18 Å². The van der Waals surface area contributed by atoms with Crippen molar-refractivity contribution in [2.24, 2.45) is 5.92 Å². The van der Waals surface area contributed by atoms with Crippen molar-refractivity contribution >= 4 is 5.91 Å². The van der Waals surface area contributed by atoms with Crippen LogP contribution >= 0.6 is 0 Å². The Morgan fingerprint density at radius 1 is 1.26 bits per heavy atom. The molecule has 2 aromatic rings. The number of alkyl halides is 3. The Labute approximate surface area is 153 Å². The van der Waals surface area contributed by atoms with Gasteiger partial charge < -0.3 is 10.2 Å². The normalized spacial score (nSPS) is 16.0. The van der Waals surface area contributed by atoms with Crippen molar-refractivity contribution in [3.05, 3.63) is 41.5 Å². The number of rotatable bonds is 4. The Hall–Kier alpha value is -2.49. The number of benzene rings is 1. The summed E-state index contributed by atoms with van der Waals surface area (Å²) >= 11 is 0. The van der Waals surface area contributed by atoms with Gasteiger partial charge in [0.05, 0.1) is 0 Å². The molecule has 3 rings (SSSR count). The van der Waals surface area contributed by atoms with Crippen LogP contribution in [-0.2, 0) is 6.18 Å². The Kier molecular flexibility index (Phi) is 5.45. The Bertz CT molecular complexity index is 812. The van der Waals surface area contributed by atoms with Gasteiger partial charge in [-0.05, 0) is 44.5 Å². The molecule has 0 radical (unpaired) electrons. The van der Waals surface area contributed by atoms with Crippen LogP contribution in [0.1, 0.15) is 29.0 Å². The van der Waals surface area contributed by atoms with Crippen molar-refractivity contribution in [1.29, 1.82) is 0 Å². The smallest absolute Gasteiger partial charge is 0.337 e. The van der Waals surface area contributed by atoms with Crippen molar-refractivity contribution < 1.29 is 22.4 Å². The fourth-order valence-corrected chi connectivity index (χ4v) is 3.25. The second kappa shape index (κ2) is 7.63. The van der Waals surface area contributed by atoms with Crippen LogP contribution in [-0.4, -0.2) is 52.5 Å². The predicted molar refractivity (Wildman–Crippen MR) is 88.9 cm³/mol. The Balaban J connectivity index is 1.93. The molecule has 1 N–H and O–H groups in total. The zero-order valence-corrected chi connectivity index (χ0v) is 14.6. The van der Waals surface area contributed by atoms with Gasteiger partial charge in [-0.2, -0.15) is 13.2 Å². The number of nitrogens with one attached hydrogen (secondary N) is 1. The van der Waals surface area contributed by atoms with E-state index in [1.54, 1.807) is 0 Å². The van der Waals surface area contributed by atoms with Crippen LogP contribution in [0.2, 0.25) is 0 Å². The summed E-state index contributed by atoms with van der Waals surface area (Å²) in [6, 6.07) is 4.90. The van der Waals surface area contributed by atoms with E-state index in [0.29, 0.717) is 36.5 Å². The second-order valence-corrected chi connectivity index (χ2v) is 6.44. The summed E-state index contributed by atoms with van der Waals surface area (Å²) in [5.74, 6) is -1.36. The molecule has 0 spiro atoms. The summed E-state index contributed by atoms with van der Waals surface area (Å²) in [6.45, 7) is 1.48. The molecule has 0 atom stereocenters. The van der Waals surface area contributed by atoms with E-state index in [9.17, 15) is 22.4 Å². The molecule has 1 amide bonds. The molecule has 1 aromatic heterocycles. The number of aromatic nitrogens is 3. The van der Waals surface area contributed by atoms with E-state index in [4.69, 9.17) is 0 Å². The van der Waals surface area contributed by atoms with Crippen LogP contribution < -0.4 is 5.32 Å². The quantitative estimate of drug-likeness (QED) is 0.822. The number of hydrogen-bond acceptors (Lipinski definition) is 4. The first-order chi connectivity index (χ1) is 12.8. The molecule has 0 unspecified atom stereocenters. The number of carbonyl (C=O) groups excluding carboxylic acids is 1. The maximum Gasteiger partial charge on any atom is 0.435 e. The topological polar surface area (TPSA) is 63.1 Å². The fourth-order valence-electron chi connectivity index (χ4n) is 3.25. The largest absolute Gasteiger partial charge is 0.435 e. The minimum atomic E-state index is -4.92. The van der Waals surface area contributed by atoms with Crippen LogP contribution in [0, 0.1) is 11.7 Å². The monoisotopic (exact) mass is 385 g/mol. The highest BCUT2D eigenvalue weighted by Gasteiger charge is 2.43. The first-order valence-electron chi connectivity index (χ1n) is 8.54. The predicted octanol–water partition coefficient (Wildman–Crippen LogP) is 2.50. The summed E-state index contributed by atoms with van der Waals surface area (Å²) in [6.07, 6.45) is -3.54. The van der Waals surface area contributed by atoms with Crippen molar-refractivity contribution in [3.8, 4) is 5.69 Å². The first kappa shape index (κ1) is 19.3. The van der Waals surface area contributed by atoms with Crippen LogP contribution in [0.25, 0.3) is 5.69 Å². The van der Waals surface area contributed by atoms with Gasteiger partial charge in [-0.1, -0.05) is 17.3 Å². The maximum absolute atomic E-state index is 14.0. The van der Waals surface area contributed by atoms with E-state index in [2.05, 4.69) is 15.6 Å². The summed E-state index contributed by atoms with van der Waals surface area (Å²) in [5.41, 5.74) is -2.59. The van der Waals surface area contributed by atoms with Gasteiger partial charge in [0.1, 0.15) is 11.5 Å². The number of hydrogen-bond donors (Lipinski definition) is 1. The number of nitrogens with zero attached hydrogens (tertiary/aromatic N) is 4. The van der Waals surface area contributed by atoms with Crippen LogP contribution in [0.5, 0.6) is 0 Å². The average molecular weight is 385 g/mol. The highest BCUT2D eigenvalue weighted by Crippen LogP contribution is 2.34. The molecular formula is C17H19F4N5O. The third kappa shape index (κ3) is 3.95. The number of carbonyl (C=O) groups is 1. The number of likely N-dealkylation sites (tertiary alicyclic amines) is 1. The Morgan fingerprint density at radius 2 is 1.93 bits per heavy atom. The zero-order valence-electron chi connectivity index (χ0n) is 14.6. The molecule has 0 saturated carbocycles. The van der Waals surface area contributed by atoms with Crippen molar-refractivity contribution in [3.63, 3.8) is 0 Å². The summed E-state index contributed by atoms with van der Waals surface area (Å²) in [4.78, 5) is 14.0. The SMILES string of the molecule is CNCC1CCN(C(=O)c2nnn(-c3ccccc3F)c2C(F)(F)F)CC1. The number of para-hydroxylation sites is 1. The van der Waals surface area contributed by atoms with Gasteiger partial charge in [-0.25, -0.2) is 9.07 Å². The van der Waals surface area contributed by atoms with Gasteiger partial charge in [0, 0.05) is 13.1 Å². The maximum atomic E-state index is 14.0. The molecule has 0 aliphatic carbocycles. The lowest BCUT2D eigenvalue weighted by Gasteiger charge is -2.31. The minimum absolute atomic E-state index is 0.342. The summed E-state index contributed by atoms with van der Waals surface area (Å²) < 4.78 is 55.3. The van der Waals surface area contributed by atoms with Gasteiger partial charge in [0.15, 0.2) is 11.4 Å². The average Bonchev–Trinajstić information content (AvgIpc) is 3.08. The lowest BCUT2D eigenvalue weighted by molar-refractivity contribution is -0.143.